The number of rotatable bonds is 4. The molecule has 1 aliphatic carbocycles. The second kappa shape index (κ2) is 5.13. The minimum Gasteiger partial charge on any atom is -0.390 e. The van der Waals surface area contributed by atoms with Crippen LogP contribution in [0.5, 0.6) is 0 Å². The molecule has 1 rings (SSSR count). The van der Waals surface area contributed by atoms with Crippen molar-refractivity contribution in [3.05, 3.63) is 0 Å². The maximum absolute atomic E-state index is 10.3. The van der Waals surface area contributed by atoms with Gasteiger partial charge in [-0.3, -0.25) is 0 Å². The molecule has 1 saturated carbocycles. The van der Waals surface area contributed by atoms with Gasteiger partial charge in [-0.1, -0.05) is 13.8 Å². The van der Waals surface area contributed by atoms with Crippen molar-refractivity contribution < 1.29 is 5.11 Å². The molecule has 84 valence electrons. The minimum absolute atomic E-state index is 0.350. The Balaban J connectivity index is 2.30. The van der Waals surface area contributed by atoms with Gasteiger partial charge in [-0.2, -0.15) is 0 Å². The van der Waals surface area contributed by atoms with Crippen molar-refractivity contribution in [1.82, 2.24) is 5.32 Å². The fourth-order valence-electron chi connectivity index (χ4n) is 2.25. The molecule has 0 aromatic rings. The van der Waals surface area contributed by atoms with Gasteiger partial charge in [-0.15, -0.1) is 0 Å². The van der Waals surface area contributed by atoms with Crippen LogP contribution in [-0.4, -0.2) is 23.8 Å². The van der Waals surface area contributed by atoms with Crippen LogP contribution in [0.15, 0.2) is 0 Å². The predicted octanol–water partition coefficient (Wildman–Crippen LogP) is 2.32. The molecule has 0 spiro atoms. The Morgan fingerprint density at radius 1 is 1.36 bits per heavy atom. The molecule has 0 atom stereocenters. The van der Waals surface area contributed by atoms with Crippen LogP contribution in [0.25, 0.3) is 0 Å². The van der Waals surface area contributed by atoms with E-state index in [0.29, 0.717) is 12.0 Å². The van der Waals surface area contributed by atoms with Gasteiger partial charge in [0.25, 0.3) is 0 Å². The van der Waals surface area contributed by atoms with Gasteiger partial charge in [0.15, 0.2) is 0 Å². The highest BCUT2D eigenvalue weighted by Gasteiger charge is 2.32. The molecule has 0 radical (unpaired) electrons. The predicted molar refractivity (Wildman–Crippen MR) is 60.3 cm³/mol. The number of aliphatic hydroxyl groups is 1. The van der Waals surface area contributed by atoms with Gasteiger partial charge in [-0.05, 0) is 51.5 Å². The van der Waals surface area contributed by atoms with Crippen LogP contribution >= 0.6 is 0 Å². The second-order valence-corrected chi connectivity index (χ2v) is 5.22. The van der Waals surface area contributed by atoms with Crippen LogP contribution in [0.2, 0.25) is 0 Å². The molecule has 0 amide bonds. The van der Waals surface area contributed by atoms with Crippen LogP contribution in [0.3, 0.4) is 0 Å². The largest absolute Gasteiger partial charge is 0.390 e. The standard InChI is InChI=1S/C12H25NO/c1-10(2)4-7-12(14)8-5-11(13-3)6-9-12/h10-11,13-14H,4-9H2,1-3H3. The maximum Gasteiger partial charge on any atom is 0.0649 e. The number of hydrogen-bond acceptors (Lipinski definition) is 2. The summed E-state index contributed by atoms with van der Waals surface area (Å²) in [5, 5.41) is 13.6. The summed E-state index contributed by atoms with van der Waals surface area (Å²) in [6, 6.07) is 0.634. The summed E-state index contributed by atoms with van der Waals surface area (Å²) in [6.45, 7) is 4.45. The fraction of sp³-hybridized carbons (Fsp3) is 1.00. The molecule has 0 unspecified atom stereocenters. The summed E-state index contributed by atoms with van der Waals surface area (Å²) in [6.07, 6.45) is 6.36. The van der Waals surface area contributed by atoms with Gasteiger partial charge in [0, 0.05) is 6.04 Å². The van der Waals surface area contributed by atoms with E-state index in [1.54, 1.807) is 0 Å². The molecule has 0 heterocycles. The monoisotopic (exact) mass is 199 g/mol. The summed E-state index contributed by atoms with van der Waals surface area (Å²) in [5.41, 5.74) is -0.350. The number of hydrogen-bond donors (Lipinski definition) is 2. The molecule has 0 bridgehead atoms. The first-order valence-corrected chi connectivity index (χ1v) is 5.95. The summed E-state index contributed by atoms with van der Waals surface area (Å²) < 4.78 is 0. The highest BCUT2D eigenvalue weighted by Crippen LogP contribution is 2.32. The number of nitrogens with one attached hydrogen (secondary N) is 1. The minimum atomic E-state index is -0.350. The Kier molecular flexibility index (Phi) is 4.39. The molecule has 1 aliphatic rings. The van der Waals surface area contributed by atoms with Crippen LogP contribution in [0.1, 0.15) is 52.4 Å². The van der Waals surface area contributed by atoms with Crippen molar-refractivity contribution in [2.45, 2.75) is 64.0 Å². The maximum atomic E-state index is 10.3. The highest BCUT2D eigenvalue weighted by atomic mass is 16.3. The summed E-state index contributed by atoms with van der Waals surface area (Å²) in [4.78, 5) is 0. The molecule has 2 heteroatoms. The first kappa shape index (κ1) is 12.0. The zero-order chi connectivity index (χ0) is 10.6. The van der Waals surface area contributed by atoms with E-state index < -0.39 is 0 Å². The Labute approximate surface area is 88.1 Å². The lowest BCUT2D eigenvalue weighted by molar-refractivity contribution is -0.0143. The van der Waals surface area contributed by atoms with Crippen molar-refractivity contribution in [2.75, 3.05) is 7.05 Å². The summed E-state index contributed by atoms with van der Waals surface area (Å²) in [7, 11) is 2.02. The van der Waals surface area contributed by atoms with E-state index in [4.69, 9.17) is 0 Å². The van der Waals surface area contributed by atoms with E-state index in [1.807, 2.05) is 7.05 Å². The van der Waals surface area contributed by atoms with E-state index >= 15 is 0 Å². The molecule has 2 nitrogen and oxygen atoms in total. The van der Waals surface area contributed by atoms with Gasteiger partial charge >= 0.3 is 0 Å². The Bertz CT molecular complexity index is 160. The van der Waals surface area contributed by atoms with E-state index in [9.17, 15) is 5.11 Å². The van der Waals surface area contributed by atoms with Crippen molar-refractivity contribution in [3.8, 4) is 0 Å². The van der Waals surface area contributed by atoms with E-state index in [2.05, 4.69) is 19.2 Å². The Hall–Kier alpha value is -0.0800. The van der Waals surface area contributed by atoms with Gasteiger partial charge in [-0.25, -0.2) is 0 Å². The smallest absolute Gasteiger partial charge is 0.0649 e. The molecule has 0 aromatic carbocycles. The summed E-state index contributed by atoms with van der Waals surface area (Å²) in [5.74, 6) is 0.709. The Morgan fingerprint density at radius 2 is 1.93 bits per heavy atom. The lowest BCUT2D eigenvalue weighted by atomic mass is 9.78. The first-order valence-electron chi connectivity index (χ1n) is 5.95. The van der Waals surface area contributed by atoms with Gasteiger partial charge in [0.05, 0.1) is 5.60 Å². The molecular weight excluding hydrogens is 174 g/mol. The van der Waals surface area contributed by atoms with Crippen LogP contribution in [0.4, 0.5) is 0 Å². The van der Waals surface area contributed by atoms with E-state index in [-0.39, 0.29) is 5.60 Å². The van der Waals surface area contributed by atoms with E-state index in [0.717, 1.165) is 38.5 Å². The molecule has 0 aromatic heterocycles. The average Bonchev–Trinajstić information content (AvgIpc) is 2.16. The third kappa shape index (κ3) is 3.58. The third-order valence-electron chi connectivity index (χ3n) is 3.51. The zero-order valence-corrected chi connectivity index (χ0v) is 9.84. The molecule has 0 saturated heterocycles. The lowest BCUT2D eigenvalue weighted by Gasteiger charge is -2.36. The fourth-order valence-corrected chi connectivity index (χ4v) is 2.25. The van der Waals surface area contributed by atoms with Gasteiger partial charge in [0.1, 0.15) is 0 Å². The average molecular weight is 199 g/mol. The molecule has 14 heavy (non-hydrogen) atoms. The van der Waals surface area contributed by atoms with Gasteiger partial charge in [0.2, 0.25) is 0 Å². The van der Waals surface area contributed by atoms with E-state index in [1.165, 1.54) is 0 Å². The second-order valence-electron chi connectivity index (χ2n) is 5.22. The summed E-state index contributed by atoms with van der Waals surface area (Å²) >= 11 is 0. The molecule has 1 fully saturated rings. The van der Waals surface area contributed by atoms with Crippen LogP contribution in [-0.2, 0) is 0 Å². The highest BCUT2D eigenvalue weighted by molar-refractivity contribution is 4.87. The normalized spacial score (nSPS) is 33.6. The van der Waals surface area contributed by atoms with Crippen LogP contribution in [0, 0.1) is 5.92 Å². The van der Waals surface area contributed by atoms with Crippen LogP contribution < -0.4 is 5.32 Å². The van der Waals surface area contributed by atoms with Gasteiger partial charge < -0.3 is 10.4 Å². The van der Waals surface area contributed by atoms with Crippen molar-refractivity contribution >= 4 is 0 Å². The van der Waals surface area contributed by atoms with Crippen molar-refractivity contribution in [1.29, 1.82) is 0 Å². The molecule has 0 aliphatic heterocycles. The molecular formula is C12H25NO. The topological polar surface area (TPSA) is 32.3 Å². The van der Waals surface area contributed by atoms with Crippen molar-refractivity contribution in [2.24, 2.45) is 5.92 Å². The zero-order valence-electron chi connectivity index (χ0n) is 9.84. The van der Waals surface area contributed by atoms with Crippen molar-refractivity contribution in [3.63, 3.8) is 0 Å². The Morgan fingerprint density at radius 3 is 2.36 bits per heavy atom. The first-order chi connectivity index (χ1) is 6.56. The SMILES string of the molecule is CNC1CCC(O)(CCC(C)C)CC1. The lowest BCUT2D eigenvalue weighted by Crippen LogP contribution is -2.40. The molecule has 2 N–H and O–H groups in total. The quantitative estimate of drug-likeness (QED) is 0.728. The third-order valence-corrected chi connectivity index (χ3v) is 3.51.